The van der Waals surface area contributed by atoms with Gasteiger partial charge in [0.05, 0.1) is 10.5 Å². The molecule has 0 aliphatic heterocycles. The average Bonchev–Trinajstić information content (AvgIpc) is 2.68. The van der Waals surface area contributed by atoms with Gasteiger partial charge in [-0.25, -0.2) is 13.2 Å². The van der Waals surface area contributed by atoms with E-state index in [-0.39, 0.29) is 4.90 Å². The number of anilines is 1. The van der Waals surface area contributed by atoms with Crippen LogP contribution in [0.2, 0.25) is 0 Å². The highest BCUT2D eigenvalue weighted by atomic mass is 32.2. The summed E-state index contributed by atoms with van der Waals surface area (Å²) >= 11 is 0. The van der Waals surface area contributed by atoms with Crippen molar-refractivity contribution in [2.24, 2.45) is 0 Å². The monoisotopic (exact) mass is 418 g/mol. The first-order valence-electron chi connectivity index (χ1n) is 9.33. The number of benzene rings is 2. The number of amides is 1. The van der Waals surface area contributed by atoms with E-state index in [9.17, 15) is 18.0 Å². The van der Waals surface area contributed by atoms with Crippen molar-refractivity contribution < 1.29 is 22.7 Å². The Balaban J connectivity index is 2.09. The Morgan fingerprint density at radius 3 is 2.34 bits per heavy atom. The van der Waals surface area contributed by atoms with Gasteiger partial charge in [-0.05, 0) is 43.7 Å². The van der Waals surface area contributed by atoms with Crippen molar-refractivity contribution in [3.63, 3.8) is 0 Å². The first-order chi connectivity index (χ1) is 13.7. The van der Waals surface area contributed by atoms with Crippen LogP contribution in [0.1, 0.15) is 35.3 Å². The molecule has 0 fully saturated rings. The summed E-state index contributed by atoms with van der Waals surface area (Å²) in [6.45, 7) is 7.36. The fourth-order valence-corrected chi connectivity index (χ4v) is 4.27. The van der Waals surface area contributed by atoms with Gasteiger partial charge in [-0.3, -0.25) is 4.79 Å². The van der Waals surface area contributed by atoms with Crippen LogP contribution in [0.15, 0.2) is 47.4 Å². The maximum absolute atomic E-state index is 12.7. The van der Waals surface area contributed by atoms with Crippen LogP contribution >= 0.6 is 0 Å². The SMILES string of the molecule is CCN(CC)S(=O)(=O)c1ccc(C)c(NC(=O)COC(=O)c2cccc(C)c2)c1. The number of aryl methyl sites for hydroxylation is 2. The molecule has 156 valence electrons. The van der Waals surface area contributed by atoms with Crippen LogP contribution in [-0.2, 0) is 19.6 Å². The van der Waals surface area contributed by atoms with E-state index in [4.69, 9.17) is 4.74 Å². The van der Waals surface area contributed by atoms with Crippen molar-refractivity contribution in [3.05, 3.63) is 59.2 Å². The minimum absolute atomic E-state index is 0.0962. The van der Waals surface area contributed by atoms with Crippen molar-refractivity contribution in [1.29, 1.82) is 0 Å². The molecule has 0 aromatic heterocycles. The van der Waals surface area contributed by atoms with E-state index in [0.29, 0.717) is 29.9 Å². The van der Waals surface area contributed by atoms with Gasteiger partial charge in [0.1, 0.15) is 0 Å². The van der Waals surface area contributed by atoms with Gasteiger partial charge < -0.3 is 10.1 Å². The summed E-state index contributed by atoms with van der Waals surface area (Å²) < 4.78 is 31.8. The van der Waals surface area contributed by atoms with Crippen molar-refractivity contribution >= 4 is 27.6 Å². The molecule has 0 atom stereocenters. The Bertz CT molecular complexity index is 998. The third kappa shape index (κ3) is 5.65. The number of rotatable bonds is 8. The third-order valence-electron chi connectivity index (χ3n) is 4.41. The molecule has 0 heterocycles. The van der Waals surface area contributed by atoms with Crippen molar-refractivity contribution in [2.45, 2.75) is 32.6 Å². The van der Waals surface area contributed by atoms with Crippen LogP contribution in [-0.4, -0.2) is 44.3 Å². The number of carbonyl (C=O) groups is 2. The van der Waals surface area contributed by atoms with Gasteiger partial charge in [0.25, 0.3) is 5.91 Å². The standard InChI is InChI=1S/C21H26N2O5S/c1-5-23(6-2)29(26,27)18-11-10-16(4)19(13-18)22-20(24)14-28-21(25)17-9-7-8-15(3)12-17/h7-13H,5-6,14H2,1-4H3,(H,22,24). The maximum atomic E-state index is 12.7. The van der Waals surface area contributed by atoms with Crippen LogP contribution < -0.4 is 5.32 Å². The molecule has 0 aliphatic carbocycles. The zero-order valence-electron chi connectivity index (χ0n) is 17.1. The third-order valence-corrected chi connectivity index (χ3v) is 6.46. The molecule has 2 aromatic rings. The van der Waals surface area contributed by atoms with Gasteiger partial charge in [0.15, 0.2) is 6.61 Å². The van der Waals surface area contributed by atoms with E-state index in [0.717, 1.165) is 5.56 Å². The average molecular weight is 419 g/mol. The minimum atomic E-state index is -3.65. The number of ether oxygens (including phenoxy) is 1. The van der Waals surface area contributed by atoms with E-state index >= 15 is 0 Å². The van der Waals surface area contributed by atoms with E-state index in [1.807, 2.05) is 13.0 Å². The number of hydrogen-bond donors (Lipinski definition) is 1. The van der Waals surface area contributed by atoms with Gasteiger partial charge in [0, 0.05) is 18.8 Å². The summed E-state index contributed by atoms with van der Waals surface area (Å²) in [5.74, 6) is -1.15. The second-order valence-electron chi connectivity index (χ2n) is 6.56. The van der Waals surface area contributed by atoms with Crippen LogP contribution in [0.5, 0.6) is 0 Å². The Hall–Kier alpha value is -2.71. The highest BCUT2D eigenvalue weighted by Gasteiger charge is 2.22. The van der Waals surface area contributed by atoms with Crippen molar-refractivity contribution in [3.8, 4) is 0 Å². The fraction of sp³-hybridized carbons (Fsp3) is 0.333. The zero-order valence-corrected chi connectivity index (χ0v) is 17.9. The smallest absolute Gasteiger partial charge is 0.338 e. The molecule has 0 bridgehead atoms. The summed E-state index contributed by atoms with van der Waals surface area (Å²) in [5, 5.41) is 2.62. The van der Waals surface area contributed by atoms with Gasteiger partial charge >= 0.3 is 5.97 Å². The molecular formula is C21H26N2O5S. The zero-order chi connectivity index (χ0) is 21.6. The Morgan fingerprint density at radius 2 is 1.72 bits per heavy atom. The largest absolute Gasteiger partial charge is 0.452 e. The number of carbonyl (C=O) groups excluding carboxylic acids is 2. The summed E-state index contributed by atoms with van der Waals surface area (Å²) in [6.07, 6.45) is 0. The molecule has 0 saturated carbocycles. The summed E-state index contributed by atoms with van der Waals surface area (Å²) in [4.78, 5) is 24.4. The predicted molar refractivity (Wildman–Crippen MR) is 111 cm³/mol. The Morgan fingerprint density at radius 1 is 1.03 bits per heavy atom. The summed E-state index contributed by atoms with van der Waals surface area (Å²) in [7, 11) is -3.65. The second-order valence-corrected chi connectivity index (χ2v) is 8.50. The quantitative estimate of drug-likeness (QED) is 0.665. The molecule has 0 unspecified atom stereocenters. The molecule has 1 N–H and O–H groups in total. The highest BCUT2D eigenvalue weighted by Crippen LogP contribution is 2.23. The van der Waals surface area contributed by atoms with E-state index in [1.165, 1.54) is 16.4 Å². The van der Waals surface area contributed by atoms with Gasteiger partial charge in [-0.1, -0.05) is 37.6 Å². The topological polar surface area (TPSA) is 92.8 Å². The van der Waals surface area contributed by atoms with E-state index in [1.54, 1.807) is 45.0 Å². The lowest BCUT2D eigenvalue weighted by atomic mass is 10.1. The van der Waals surface area contributed by atoms with Crippen LogP contribution in [0, 0.1) is 13.8 Å². The summed E-state index contributed by atoms with van der Waals surface area (Å²) in [5.41, 5.74) is 2.32. The van der Waals surface area contributed by atoms with Crippen LogP contribution in [0.3, 0.4) is 0 Å². The lowest BCUT2D eigenvalue weighted by molar-refractivity contribution is -0.119. The maximum Gasteiger partial charge on any atom is 0.338 e. The molecule has 7 nitrogen and oxygen atoms in total. The molecule has 1 amide bonds. The first-order valence-corrected chi connectivity index (χ1v) is 10.8. The minimum Gasteiger partial charge on any atom is -0.452 e. The van der Waals surface area contributed by atoms with Crippen molar-refractivity contribution in [1.82, 2.24) is 4.31 Å². The molecule has 2 rings (SSSR count). The second kappa shape index (κ2) is 9.67. The number of esters is 1. The van der Waals surface area contributed by atoms with Crippen LogP contribution in [0.25, 0.3) is 0 Å². The molecule has 29 heavy (non-hydrogen) atoms. The molecule has 2 aromatic carbocycles. The number of hydrogen-bond acceptors (Lipinski definition) is 5. The Kier molecular flexibility index (Phi) is 7.53. The van der Waals surface area contributed by atoms with E-state index < -0.39 is 28.5 Å². The Labute approximate surface area is 171 Å². The predicted octanol–water partition coefficient (Wildman–Crippen LogP) is 3.13. The lowest BCUT2D eigenvalue weighted by Crippen LogP contribution is -2.30. The molecule has 0 spiro atoms. The molecular weight excluding hydrogens is 392 g/mol. The van der Waals surface area contributed by atoms with Crippen LogP contribution in [0.4, 0.5) is 5.69 Å². The lowest BCUT2D eigenvalue weighted by Gasteiger charge is -2.19. The summed E-state index contributed by atoms with van der Waals surface area (Å²) in [6, 6.07) is 11.4. The first kappa shape index (κ1) is 22.6. The normalized spacial score (nSPS) is 11.3. The number of nitrogens with one attached hydrogen (secondary N) is 1. The molecule has 0 radical (unpaired) electrons. The van der Waals surface area contributed by atoms with Crippen molar-refractivity contribution in [2.75, 3.05) is 25.0 Å². The van der Waals surface area contributed by atoms with Gasteiger partial charge in [-0.2, -0.15) is 4.31 Å². The molecule has 8 heteroatoms. The van der Waals surface area contributed by atoms with E-state index in [2.05, 4.69) is 5.32 Å². The molecule has 0 aliphatic rings. The number of nitrogens with zero attached hydrogens (tertiary/aromatic N) is 1. The molecule has 0 saturated heterocycles. The van der Waals surface area contributed by atoms with Gasteiger partial charge in [-0.15, -0.1) is 0 Å². The van der Waals surface area contributed by atoms with Gasteiger partial charge in [0.2, 0.25) is 10.0 Å². The highest BCUT2D eigenvalue weighted by molar-refractivity contribution is 7.89. The fourth-order valence-electron chi connectivity index (χ4n) is 2.78. The number of sulfonamides is 1.